The van der Waals surface area contributed by atoms with Gasteiger partial charge in [0.05, 0.1) is 6.10 Å². The standard InChI is InChI=1S/C14H24N2O/c1-11(2)17-14-7-5-13(6-8-14)10-16(4)12(3)9-15/h5-8,11-12H,9-10,15H2,1-4H3. The molecular formula is C14H24N2O. The first-order valence-corrected chi connectivity index (χ1v) is 6.18. The van der Waals surface area contributed by atoms with E-state index in [2.05, 4.69) is 31.0 Å². The van der Waals surface area contributed by atoms with Crippen LogP contribution >= 0.6 is 0 Å². The van der Waals surface area contributed by atoms with Crippen LogP contribution in [0.3, 0.4) is 0 Å². The van der Waals surface area contributed by atoms with Crippen LogP contribution in [-0.2, 0) is 6.54 Å². The maximum absolute atomic E-state index is 5.64. The third kappa shape index (κ3) is 4.75. The van der Waals surface area contributed by atoms with Gasteiger partial charge in [0, 0.05) is 19.1 Å². The minimum Gasteiger partial charge on any atom is -0.491 e. The Bertz CT molecular complexity index is 321. The molecule has 3 nitrogen and oxygen atoms in total. The summed E-state index contributed by atoms with van der Waals surface area (Å²) in [5.41, 5.74) is 6.93. The molecule has 1 unspecified atom stereocenters. The molecule has 2 N–H and O–H groups in total. The Balaban J connectivity index is 2.56. The normalized spacial score (nSPS) is 13.1. The minimum absolute atomic E-state index is 0.223. The second-order valence-corrected chi connectivity index (χ2v) is 4.81. The van der Waals surface area contributed by atoms with Gasteiger partial charge in [-0.3, -0.25) is 4.90 Å². The molecule has 0 bridgehead atoms. The number of hydrogen-bond acceptors (Lipinski definition) is 3. The molecule has 0 aliphatic heterocycles. The number of hydrogen-bond donors (Lipinski definition) is 1. The van der Waals surface area contributed by atoms with E-state index >= 15 is 0 Å². The van der Waals surface area contributed by atoms with Gasteiger partial charge in [-0.1, -0.05) is 12.1 Å². The van der Waals surface area contributed by atoms with Gasteiger partial charge in [0.25, 0.3) is 0 Å². The molecule has 0 aliphatic carbocycles. The van der Waals surface area contributed by atoms with Gasteiger partial charge >= 0.3 is 0 Å². The first kappa shape index (κ1) is 14.0. The minimum atomic E-state index is 0.223. The van der Waals surface area contributed by atoms with Crippen LogP contribution in [0.25, 0.3) is 0 Å². The Morgan fingerprint density at radius 3 is 2.24 bits per heavy atom. The van der Waals surface area contributed by atoms with E-state index in [1.807, 2.05) is 26.0 Å². The molecule has 3 heteroatoms. The van der Waals surface area contributed by atoms with Crippen molar-refractivity contribution < 1.29 is 4.74 Å². The quantitative estimate of drug-likeness (QED) is 0.823. The summed E-state index contributed by atoms with van der Waals surface area (Å²) < 4.78 is 5.61. The van der Waals surface area contributed by atoms with Gasteiger partial charge in [-0.2, -0.15) is 0 Å². The lowest BCUT2D eigenvalue weighted by Crippen LogP contribution is -2.34. The first-order chi connectivity index (χ1) is 8.02. The third-order valence-electron chi connectivity index (χ3n) is 2.82. The van der Waals surface area contributed by atoms with Gasteiger partial charge in [-0.25, -0.2) is 0 Å². The van der Waals surface area contributed by atoms with Crippen LogP contribution in [0.5, 0.6) is 5.75 Å². The summed E-state index contributed by atoms with van der Waals surface area (Å²) in [6.45, 7) is 7.80. The van der Waals surface area contributed by atoms with Crippen LogP contribution in [0.1, 0.15) is 26.3 Å². The number of rotatable bonds is 6. The number of likely N-dealkylation sites (N-methyl/N-ethyl adjacent to an activating group) is 1. The Labute approximate surface area is 105 Å². The van der Waals surface area contributed by atoms with Gasteiger partial charge in [0.2, 0.25) is 0 Å². The van der Waals surface area contributed by atoms with Crippen molar-refractivity contribution in [1.82, 2.24) is 4.90 Å². The van der Waals surface area contributed by atoms with Crippen LogP contribution in [0, 0.1) is 0 Å². The highest BCUT2D eigenvalue weighted by atomic mass is 16.5. The van der Waals surface area contributed by atoms with E-state index in [0.29, 0.717) is 12.6 Å². The Kier molecular flexibility index (Phi) is 5.45. The molecule has 17 heavy (non-hydrogen) atoms. The van der Waals surface area contributed by atoms with Gasteiger partial charge in [-0.15, -0.1) is 0 Å². The number of nitrogens with two attached hydrogens (primary N) is 1. The molecule has 0 amide bonds. The summed E-state index contributed by atoms with van der Waals surface area (Å²) in [4.78, 5) is 2.25. The summed E-state index contributed by atoms with van der Waals surface area (Å²) in [5, 5.41) is 0. The summed E-state index contributed by atoms with van der Waals surface area (Å²) >= 11 is 0. The topological polar surface area (TPSA) is 38.5 Å². The van der Waals surface area contributed by atoms with Gasteiger partial charge in [0.1, 0.15) is 5.75 Å². The number of ether oxygens (including phenoxy) is 1. The highest BCUT2D eigenvalue weighted by molar-refractivity contribution is 5.27. The zero-order chi connectivity index (χ0) is 12.8. The van der Waals surface area contributed by atoms with Crippen molar-refractivity contribution in [3.8, 4) is 5.75 Å². The van der Waals surface area contributed by atoms with Crippen LogP contribution in [0.15, 0.2) is 24.3 Å². The molecule has 1 atom stereocenters. The second kappa shape index (κ2) is 6.62. The van der Waals surface area contributed by atoms with Crippen molar-refractivity contribution in [1.29, 1.82) is 0 Å². The van der Waals surface area contributed by atoms with Crippen molar-refractivity contribution in [2.45, 2.75) is 39.5 Å². The highest BCUT2D eigenvalue weighted by Gasteiger charge is 2.07. The maximum Gasteiger partial charge on any atom is 0.119 e. The summed E-state index contributed by atoms with van der Waals surface area (Å²) in [6.07, 6.45) is 0.223. The van der Waals surface area contributed by atoms with Crippen molar-refractivity contribution >= 4 is 0 Å². The zero-order valence-corrected chi connectivity index (χ0v) is 11.3. The molecule has 0 aromatic heterocycles. The third-order valence-corrected chi connectivity index (χ3v) is 2.82. The van der Waals surface area contributed by atoms with Crippen LogP contribution < -0.4 is 10.5 Å². The van der Waals surface area contributed by atoms with E-state index in [1.54, 1.807) is 0 Å². The molecular weight excluding hydrogens is 212 g/mol. The second-order valence-electron chi connectivity index (χ2n) is 4.81. The van der Waals surface area contributed by atoms with Crippen molar-refractivity contribution in [3.63, 3.8) is 0 Å². The molecule has 1 rings (SSSR count). The lowest BCUT2D eigenvalue weighted by atomic mass is 10.2. The fourth-order valence-corrected chi connectivity index (χ4v) is 1.57. The largest absolute Gasteiger partial charge is 0.491 e. The molecule has 0 fully saturated rings. The van der Waals surface area contributed by atoms with Crippen LogP contribution in [0.2, 0.25) is 0 Å². The fourth-order valence-electron chi connectivity index (χ4n) is 1.57. The average molecular weight is 236 g/mol. The van der Waals surface area contributed by atoms with E-state index in [-0.39, 0.29) is 6.10 Å². The van der Waals surface area contributed by atoms with E-state index in [4.69, 9.17) is 10.5 Å². The highest BCUT2D eigenvalue weighted by Crippen LogP contribution is 2.15. The lowest BCUT2D eigenvalue weighted by molar-refractivity contribution is 0.241. The molecule has 0 heterocycles. The van der Waals surface area contributed by atoms with Crippen molar-refractivity contribution in [3.05, 3.63) is 29.8 Å². The molecule has 96 valence electrons. The van der Waals surface area contributed by atoms with E-state index in [0.717, 1.165) is 12.3 Å². The Morgan fingerprint density at radius 1 is 1.18 bits per heavy atom. The smallest absolute Gasteiger partial charge is 0.119 e. The number of benzene rings is 1. The van der Waals surface area contributed by atoms with Gasteiger partial charge < -0.3 is 10.5 Å². The number of nitrogens with zero attached hydrogens (tertiary/aromatic N) is 1. The van der Waals surface area contributed by atoms with Gasteiger partial charge in [0.15, 0.2) is 0 Å². The molecule has 1 aromatic rings. The molecule has 0 saturated carbocycles. The van der Waals surface area contributed by atoms with Gasteiger partial charge in [-0.05, 0) is 45.5 Å². The first-order valence-electron chi connectivity index (χ1n) is 6.18. The fraction of sp³-hybridized carbons (Fsp3) is 0.571. The lowest BCUT2D eigenvalue weighted by Gasteiger charge is -2.23. The summed E-state index contributed by atoms with van der Waals surface area (Å²) in [6, 6.07) is 8.67. The SMILES string of the molecule is CC(C)Oc1ccc(CN(C)C(C)CN)cc1. The molecule has 0 saturated heterocycles. The van der Waals surface area contributed by atoms with Crippen molar-refractivity contribution in [2.75, 3.05) is 13.6 Å². The van der Waals surface area contributed by atoms with E-state index in [9.17, 15) is 0 Å². The zero-order valence-electron chi connectivity index (χ0n) is 11.3. The predicted molar refractivity (Wildman–Crippen MR) is 72.2 cm³/mol. The average Bonchev–Trinajstić information content (AvgIpc) is 2.30. The Hall–Kier alpha value is -1.06. The monoisotopic (exact) mass is 236 g/mol. The summed E-state index contributed by atoms with van der Waals surface area (Å²) in [7, 11) is 2.09. The van der Waals surface area contributed by atoms with Crippen LogP contribution in [-0.4, -0.2) is 30.6 Å². The van der Waals surface area contributed by atoms with E-state index in [1.165, 1.54) is 5.56 Å². The molecule has 1 aromatic carbocycles. The van der Waals surface area contributed by atoms with E-state index < -0.39 is 0 Å². The van der Waals surface area contributed by atoms with Crippen molar-refractivity contribution in [2.24, 2.45) is 5.73 Å². The molecule has 0 aliphatic rings. The Morgan fingerprint density at radius 2 is 1.76 bits per heavy atom. The maximum atomic E-state index is 5.64. The molecule has 0 spiro atoms. The molecule has 0 radical (unpaired) electrons. The predicted octanol–water partition coefficient (Wildman–Crippen LogP) is 2.25. The summed E-state index contributed by atoms with van der Waals surface area (Å²) in [5.74, 6) is 0.929. The van der Waals surface area contributed by atoms with Crippen LogP contribution in [0.4, 0.5) is 0 Å².